The molecule has 2 N–H and O–H groups in total. The topological polar surface area (TPSA) is 29.3 Å². The van der Waals surface area contributed by atoms with E-state index in [-0.39, 0.29) is 0 Å². The monoisotopic (exact) mass is 264 g/mol. The van der Waals surface area contributed by atoms with Crippen molar-refractivity contribution in [2.75, 3.05) is 13.1 Å². The van der Waals surface area contributed by atoms with Gasteiger partial charge in [0.25, 0.3) is 0 Å². The molecule has 0 saturated carbocycles. The minimum atomic E-state index is 0.335. The summed E-state index contributed by atoms with van der Waals surface area (Å²) < 4.78 is 0. The Balaban J connectivity index is 1.92. The molecule has 2 nitrogen and oxygen atoms in total. The summed E-state index contributed by atoms with van der Waals surface area (Å²) in [6.07, 6.45) is 3.62. The van der Waals surface area contributed by atoms with Gasteiger partial charge in [-0.2, -0.15) is 0 Å². The fourth-order valence-electron chi connectivity index (χ4n) is 2.37. The molecule has 3 heteroatoms. The van der Waals surface area contributed by atoms with Crippen LogP contribution in [0, 0.1) is 5.41 Å². The Morgan fingerprint density at radius 2 is 2.00 bits per heavy atom. The van der Waals surface area contributed by atoms with Gasteiger partial charge in [0.05, 0.1) is 0 Å². The highest BCUT2D eigenvalue weighted by Gasteiger charge is 2.21. The second kappa shape index (κ2) is 5.55. The quantitative estimate of drug-likeness (QED) is 0.848. The smallest absolute Gasteiger partial charge is 0.0331 e. The minimum absolute atomic E-state index is 0.335. The van der Waals surface area contributed by atoms with Gasteiger partial charge in [-0.25, -0.2) is 0 Å². The highest BCUT2D eigenvalue weighted by Crippen LogP contribution is 2.30. The average Bonchev–Trinajstić information content (AvgIpc) is 2.76. The zero-order valence-electron chi connectivity index (χ0n) is 11.7. The van der Waals surface area contributed by atoms with E-state index in [1.54, 1.807) is 5.57 Å². The molecule has 0 atom stereocenters. The number of thiophene rings is 1. The molecule has 100 valence electrons. The van der Waals surface area contributed by atoms with E-state index >= 15 is 0 Å². The van der Waals surface area contributed by atoms with Crippen LogP contribution in [-0.4, -0.2) is 18.0 Å². The van der Waals surface area contributed by atoms with Gasteiger partial charge in [-0.1, -0.05) is 32.4 Å². The van der Waals surface area contributed by atoms with Crippen LogP contribution in [0.3, 0.4) is 0 Å². The Kier molecular flexibility index (Phi) is 4.25. The lowest BCUT2D eigenvalue weighted by molar-refractivity contribution is 0.273. The molecule has 2 rings (SSSR count). The summed E-state index contributed by atoms with van der Waals surface area (Å²) in [4.78, 5) is 5.23. The number of nitrogens with zero attached hydrogens (tertiary/aromatic N) is 1. The van der Waals surface area contributed by atoms with Crippen LogP contribution >= 0.6 is 11.3 Å². The van der Waals surface area contributed by atoms with Gasteiger partial charge in [0.1, 0.15) is 0 Å². The highest BCUT2D eigenvalue weighted by atomic mass is 32.1. The summed E-state index contributed by atoms with van der Waals surface area (Å²) in [6.45, 7) is 10.9. The first-order chi connectivity index (χ1) is 8.49. The first-order valence-corrected chi connectivity index (χ1v) is 7.50. The Labute approximate surface area is 114 Å². The van der Waals surface area contributed by atoms with Crippen molar-refractivity contribution < 1.29 is 0 Å². The molecule has 0 saturated heterocycles. The Hall–Kier alpha value is -0.640. The van der Waals surface area contributed by atoms with E-state index in [1.807, 2.05) is 11.3 Å². The molecule has 1 aromatic heterocycles. The second-order valence-corrected chi connectivity index (χ2v) is 7.29. The third-order valence-electron chi connectivity index (χ3n) is 3.55. The summed E-state index contributed by atoms with van der Waals surface area (Å²) >= 11 is 1.85. The predicted octanol–water partition coefficient (Wildman–Crippen LogP) is 3.39. The van der Waals surface area contributed by atoms with Crippen molar-refractivity contribution in [1.29, 1.82) is 0 Å². The van der Waals surface area contributed by atoms with Crippen LogP contribution in [-0.2, 0) is 13.1 Å². The van der Waals surface area contributed by atoms with Crippen LogP contribution in [0.5, 0.6) is 0 Å². The van der Waals surface area contributed by atoms with E-state index in [0.29, 0.717) is 12.0 Å². The van der Waals surface area contributed by atoms with Crippen molar-refractivity contribution in [3.8, 4) is 0 Å². The van der Waals surface area contributed by atoms with Crippen molar-refractivity contribution in [3.63, 3.8) is 0 Å². The average molecular weight is 264 g/mol. The lowest BCUT2D eigenvalue weighted by atomic mass is 9.83. The Bertz CT molecular complexity index is 426. The molecule has 0 radical (unpaired) electrons. The summed E-state index contributed by atoms with van der Waals surface area (Å²) in [5, 5.41) is 0. The van der Waals surface area contributed by atoms with Crippen molar-refractivity contribution >= 4 is 11.3 Å². The summed E-state index contributed by atoms with van der Waals surface area (Å²) in [5.74, 6) is 0. The van der Waals surface area contributed by atoms with Gasteiger partial charge < -0.3 is 5.73 Å². The van der Waals surface area contributed by atoms with Gasteiger partial charge in [-0.15, -0.1) is 11.3 Å². The van der Waals surface area contributed by atoms with E-state index in [4.69, 9.17) is 5.73 Å². The fourth-order valence-corrected chi connectivity index (χ4v) is 3.31. The lowest BCUT2D eigenvalue weighted by Gasteiger charge is -2.31. The minimum Gasteiger partial charge on any atom is -0.326 e. The van der Waals surface area contributed by atoms with Gasteiger partial charge in [0.2, 0.25) is 0 Å². The Morgan fingerprint density at radius 3 is 2.50 bits per heavy atom. The standard InChI is InChI=1S/C15H24N2S/c1-15(2,3)12-6-8-17(9-7-12)11-14-5-4-13(10-16)18-14/h4-6H,7-11,16H2,1-3H3. The van der Waals surface area contributed by atoms with Crippen LogP contribution < -0.4 is 5.73 Å². The van der Waals surface area contributed by atoms with Crippen molar-refractivity contribution in [2.24, 2.45) is 11.1 Å². The number of hydrogen-bond acceptors (Lipinski definition) is 3. The van der Waals surface area contributed by atoms with Crippen molar-refractivity contribution in [3.05, 3.63) is 33.5 Å². The SMILES string of the molecule is CC(C)(C)C1=CCN(Cc2ccc(CN)s2)CC1. The molecule has 0 amide bonds. The van der Waals surface area contributed by atoms with Crippen LogP contribution in [0.2, 0.25) is 0 Å². The molecule has 1 aliphatic heterocycles. The first kappa shape index (κ1) is 13.8. The molecule has 0 unspecified atom stereocenters. The normalized spacial score (nSPS) is 17.9. The molecule has 18 heavy (non-hydrogen) atoms. The third-order valence-corrected chi connectivity index (χ3v) is 4.65. The van der Waals surface area contributed by atoms with Crippen molar-refractivity contribution in [2.45, 2.75) is 40.3 Å². The van der Waals surface area contributed by atoms with E-state index < -0.39 is 0 Å². The highest BCUT2D eigenvalue weighted by molar-refractivity contribution is 7.11. The van der Waals surface area contributed by atoms with Crippen LogP contribution in [0.1, 0.15) is 36.9 Å². The molecule has 0 fully saturated rings. The molecule has 0 spiro atoms. The van der Waals surface area contributed by atoms with E-state index in [9.17, 15) is 0 Å². The van der Waals surface area contributed by atoms with E-state index in [0.717, 1.165) is 13.1 Å². The van der Waals surface area contributed by atoms with E-state index in [2.05, 4.69) is 43.9 Å². The van der Waals surface area contributed by atoms with Gasteiger partial charge in [-0.3, -0.25) is 4.90 Å². The second-order valence-electron chi connectivity index (χ2n) is 6.04. The molecule has 0 aromatic carbocycles. The number of rotatable bonds is 3. The van der Waals surface area contributed by atoms with Gasteiger partial charge in [0.15, 0.2) is 0 Å². The van der Waals surface area contributed by atoms with Gasteiger partial charge >= 0.3 is 0 Å². The van der Waals surface area contributed by atoms with Crippen LogP contribution in [0.15, 0.2) is 23.8 Å². The third kappa shape index (κ3) is 3.44. The van der Waals surface area contributed by atoms with Gasteiger partial charge in [0, 0.05) is 35.9 Å². The molecule has 1 aliphatic rings. The zero-order valence-corrected chi connectivity index (χ0v) is 12.5. The molecule has 0 aliphatic carbocycles. The van der Waals surface area contributed by atoms with Gasteiger partial charge in [-0.05, 0) is 24.0 Å². The summed E-state index contributed by atoms with van der Waals surface area (Å²) in [6, 6.07) is 4.37. The lowest BCUT2D eigenvalue weighted by Crippen LogP contribution is -2.30. The van der Waals surface area contributed by atoms with Crippen molar-refractivity contribution in [1.82, 2.24) is 4.90 Å². The fraction of sp³-hybridized carbons (Fsp3) is 0.600. The summed E-state index contributed by atoms with van der Waals surface area (Å²) in [7, 11) is 0. The first-order valence-electron chi connectivity index (χ1n) is 6.68. The summed E-state index contributed by atoms with van der Waals surface area (Å²) in [5.41, 5.74) is 7.59. The molecule has 0 bridgehead atoms. The maximum atomic E-state index is 5.65. The molecule has 1 aromatic rings. The molecular formula is C15H24N2S. The largest absolute Gasteiger partial charge is 0.326 e. The molecule has 2 heterocycles. The molecular weight excluding hydrogens is 240 g/mol. The van der Waals surface area contributed by atoms with E-state index in [1.165, 1.54) is 22.7 Å². The predicted molar refractivity (Wildman–Crippen MR) is 79.6 cm³/mol. The van der Waals surface area contributed by atoms with Crippen LogP contribution in [0.25, 0.3) is 0 Å². The zero-order chi connectivity index (χ0) is 13.2. The number of hydrogen-bond donors (Lipinski definition) is 1. The maximum absolute atomic E-state index is 5.65. The Morgan fingerprint density at radius 1 is 1.28 bits per heavy atom. The van der Waals surface area contributed by atoms with Crippen LogP contribution in [0.4, 0.5) is 0 Å². The maximum Gasteiger partial charge on any atom is 0.0331 e. The number of nitrogens with two attached hydrogens (primary N) is 1.